The summed E-state index contributed by atoms with van der Waals surface area (Å²) in [5, 5.41) is 0. The van der Waals surface area contributed by atoms with E-state index in [0.717, 1.165) is 12.8 Å². The summed E-state index contributed by atoms with van der Waals surface area (Å²) in [6.45, 7) is 1.18. The molecule has 2 aliphatic rings. The summed E-state index contributed by atoms with van der Waals surface area (Å²) in [6.07, 6.45) is 7.32. The molecule has 1 saturated heterocycles. The first-order chi connectivity index (χ1) is 5.78. The largest absolute Gasteiger partial charge is 0.303 e. The van der Waals surface area contributed by atoms with Crippen LogP contribution >= 0.6 is 0 Å². The van der Waals surface area contributed by atoms with Crippen LogP contribution in [0.5, 0.6) is 0 Å². The van der Waals surface area contributed by atoms with E-state index in [1.807, 2.05) is 0 Å². The van der Waals surface area contributed by atoms with Crippen LogP contribution in [0, 0.1) is 5.41 Å². The Morgan fingerprint density at radius 3 is 2.67 bits per heavy atom. The molecule has 2 nitrogen and oxygen atoms in total. The monoisotopic (exact) mass is 167 g/mol. The third kappa shape index (κ3) is 1.18. The van der Waals surface area contributed by atoms with Crippen LogP contribution in [-0.2, 0) is 4.79 Å². The molecule has 1 unspecified atom stereocenters. The molecule has 0 spiro atoms. The molecule has 0 bridgehead atoms. The Kier molecular flexibility index (Phi) is 1.95. The third-order valence-corrected chi connectivity index (χ3v) is 3.50. The molecule has 68 valence electrons. The van der Waals surface area contributed by atoms with Crippen molar-refractivity contribution in [3.8, 4) is 0 Å². The lowest BCUT2D eigenvalue weighted by atomic mass is 9.89. The number of nitrogens with zero attached hydrogens (tertiary/aromatic N) is 1. The van der Waals surface area contributed by atoms with Gasteiger partial charge in [0.15, 0.2) is 0 Å². The molecule has 1 saturated carbocycles. The van der Waals surface area contributed by atoms with Crippen LogP contribution in [0.4, 0.5) is 0 Å². The Hall–Kier alpha value is -0.370. The zero-order valence-corrected chi connectivity index (χ0v) is 7.75. The summed E-state index contributed by atoms with van der Waals surface area (Å²) < 4.78 is 0. The number of piperidine rings is 1. The van der Waals surface area contributed by atoms with Crippen molar-refractivity contribution in [2.75, 3.05) is 13.6 Å². The fraction of sp³-hybridized carbons (Fsp3) is 0.900. The Labute approximate surface area is 73.9 Å². The van der Waals surface area contributed by atoms with Gasteiger partial charge in [-0.25, -0.2) is 0 Å². The first kappa shape index (κ1) is 8.24. The molecule has 12 heavy (non-hydrogen) atoms. The second-order valence-corrected chi connectivity index (χ2v) is 4.34. The summed E-state index contributed by atoms with van der Waals surface area (Å²) in [5.74, 6) is 0. The summed E-state index contributed by atoms with van der Waals surface area (Å²) in [4.78, 5) is 13.3. The van der Waals surface area contributed by atoms with Gasteiger partial charge in [-0.1, -0.05) is 6.42 Å². The number of carbonyl (C=O) groups is 1. The minimum Gasteiger partial charge on any atom is -0.303 e. The molecule has 2 rings (SSSR count). The molecule has 1 aliphatic heterocycles. The second kappa shape index (κ2) is 2.84. The van der Waals surface area contributed by atoms with Crippen molar-refractivity contribution in [2.45, 2.75) is 38.1 Å². The van der Waals surface area contributed by atoms with Gasteiger partial charge in [-0.3, -0.25) is 0 Å². The number of hydrogen-bond donors (Lipinski definition) is 0. The van der Waals surface area contributed by atoms with Crippen molar-refractivity contribution < 1.29 is 4.79 Å². The average Bonchev–Trinajstić information content (AvgIpc) is 2.86. The van der Waals surface area contributed by atoms with E-state index in [1.54, 1.807) is 0 Å². The maximum Gasteiger partial charge on any atom is 0.127 e. The summed E-state index contributed by atoms with van der Waals surface area (Å²) >= 11 is 0. The van der Waals surface area contributed by atoms with Gasteiger partial charge in [0, 0.05) is 11.5 Å². The van der Waals surface area contributed by atoms with E-state index in [-0.39, 0.29) is 5.41 Å². The molecule has 0 aromatic heterocycles. The highest BCUT2D eigenvalue weighted by Crippen LogP contribution is 2.50. The van der Waals surface area contributed by atoms with Gasteiger partial charge >= 0.3 is 0 Å². The number of likely N-dealkylation sites (tertiary alicyclic amines) is 1. The van der Waals surface area contributed by atoms with Crippen molar-refractivity contribution in [3.05, 3.63) is 0 Å². The highest BCUT2D eigenvalue weighted by atomic mass is 16.1. The highest BCUT2D eigenvalue weighted by molar-refractivity contribution is 5.65. The number of rotatable bonds is 2. The number of hydrogen-bond acceptors (Lipinski definition) is 2. The first-order valence-corrected chi connectivity index (χ1v) is 4.95. The summed E-state index contributed by atoms with van der Waals surface area (Å²) in [7, 11) is 2.16. The zero-order valence-electron chi connectivity index (χ0n) is 7.75. The van der Waals surface area contributed by atoms with Crippen molar-refractivity contribution in [2.24, 2.45) is 5.41 Å². The van der Waals surface area contributed by atoms with Gasteiger partial charge in [-0.05, 0) is 39.3 Å². The van der Waals surface area contributed by atoms with E-state index in [0.29, 0.717) is 6.04 Å². The minimum atomic E-state index is 0.0785. The van der Waals surface area contributed by atoms with E-state index in [9.17, 15) is 4.79 Å². The van der Waals surface area contributed by atoms with Crippen LogP contribution in [0.2, 0.25) is 0 Å². The molecule has 2 heteroatoms. The average molecular weight is 167 g/mol. The smallest absolute Gasteiger partial charge is 0.127 e. The van der Waals surface area contributed by atoms with Crippen LogP contribution in [0.3, 0.4) is 0 Å². The van der Waals surface area contributed by atoms with E-state index < -0.39 is 0 Å². The molecule has 0 amide bonds. The quantitative estimate of drug-likeness (QED) is 0.580. The predicted octanol–water partition coefficient (Wildman–Crippen LogP) is 1.45. The van der Waals surface area contributed by atoms with Gasteiger partial charge in [0.1, 0.15) is 6.29 Å². The zero-order chi connectivity index (χ0) is 8.60. The Balaban J connectivity index is 2.05. The Morgan fingerprint density at radius 2 is 2.17 bits per heavy atom. The summed E-state index contributed by atoms with van der Waals surface area (Å²) in [5.41, 5.74) is 0.0785. The van der Waals surface area contributed by atoms with Crippen molar-refractivity contribution in [3.63, 3.8) is 0 Å². The van der Waals surface area contributed by atoms with Gasteiger partial charge in [0.2, 0.25) is 0 Å². The topological polar surface area (TPSA) is 20.3 Å². The lowest BCUT2D eigenvalue weighted by molar-refractivity contribution is -0.114. The molecule has 1 atom stereocenters. The minimum absolute atomic E-state index is 0.0785. The maximum absolute atomic E-state index is 10.9. The molecule has 0 radical (unpaired) electrons. The standard InChI is InChI=1S/C10H17NO/c1-11-7-3-2-4-9(11)10(8-12)5-6-10/h8-9H,2-7H2,1H3. The van der Waals surface area contributed by atoms with Gasteiger partial charge in [-0.2, -0.15) is 0 Å². The molecular formula is C10H17NO. The van der Waals surface area contributed by atoms with Gasteiger partial charge in [-0.15, -0.1) is 0 Å². The molecule has 2 fully saturated rings. The fourth-order valence-electron chi connectivity index (χ4n) is 2.48. The van der Waals surface area contributed by atoms with Crippen LogP contribution in [0.1, 0.15) is 32.1 Å². The molecule has 0 N–H and O–H groups in total. The van der Waals surface area contributed by atoms with Gasteiger partial charge in [0.05, 0.1) is 0 Å². The highest BCUT2D eigenvalue weighted by Gasteiger charge is 2.51. The SMILES string of the molecule is CN1CCCCC1C1(C=O)CC1. The van der Waals surface area contributed by atoms with E-state index in [4.69, 9.17) is 0 Å². The van der Waals surface area contributed by atoms with Crippen LogP contribution in [0.15, 0.2) is 0 Å². The van der Waals surface area contributed by atoms with Gasteiger partial charge < -0.3 is 9.69 Å². The summed E-state index contributed by atoms with van der Waals surface area (Å²) in [6, 6.07) is 0.559. The second-order valence-electron chi connectivity index (χ2n) is 4.34. The lowest BCUT2D eigenvalue weighted by Gasteiger charge is -2.36. The fourth-order valence-corrected chi connectivity index (χ4v) is 2.48. The van der Waals surface area contributed by atoms with Crippen molar-refractivity contribution in [1.29, 1.82) is 0 Å². The molecule has 1 aliphatic carbocycles. The normalized spacial score (nSPS) is 34.6. The molecular weight excluding hydrogens is 150 g/mol. The number of aldehydes is 1. The van der Waals surface area contributed by atoms with Crippen molar-refractivity contribution >= 4 is 6.29 Å². The van der Waals surface area contributed by atoms with E-state index >= 15 is 0 Å². The molecule has 0 aromatic carbocycles. The predicted molar refractivity (Wildman–Crippen MR) is 48.0 cm³/mol. The van der Waals surface area contributed by atoms with Crippen LogP contribution in [0.25, 0.3) is 0 Å². The third-order valence-electron chi connectivity index (χ3n) is 3.50. The lowest BCUT2D eigenvalue weighted by Crippen LogP contribution is -2.43. The van der Waals surface area contributed by atoms with E-state index in [1.165, 1.54) is 32.1 Å². The Bertz CT molecular complexity index is 186. The van der Waals surface area contributed by atoms with E-state index in [2.05, 4.69) is 11.9 Å². The van der Waals surface area contributed by atoms with Crippen molar-refractivity contribution in [1.82, 2.24) is 4.90 Å². The maximum atomic E-state index is 10.9. The van der Waals surface area contributed by atoms with Crippen LogP contribution < -0.4 is 0 Å². The first-order valence-electron chi connectivity index (χ1n) is 4.95. The van der Waals surface area contributed by atoms with Crippen LogP contribution in [-0.4, -0.2) is 30.8 Å². The van der Waals surface area contributed by atoms with Gasteiger partial charge in [0.25, 0.3) is 0 Å². The Morgan fingerprint density at radius 1 is 1.42 bits per heavy atom. The number of carbonyl (C=O) groups excluding carboxylic acids is 1. The molecule has 1 heterocycles. The molecule has 0 aromatic rings.